The third kappa shape index (κ3) is 4.64. The highest BCUT2D eigenvalue weighted by Crippen LogP contribution is 2.16. The zero-order valence-electron chi connectivity index (χ0n) is 8.16. The topological polar surface area (TPSA) is 77.8 Å². The summed E-state index contributed by atoms with van der Waals surface area (Å²) in [7, 11) is 0. The van der Waals surface area contributed by atoms with E-state index in [4.69, 9.17) is 10.2 Å². The zero-order valence-corrected chi connectivity index (χ0v) is 8.16. The van der Waals surface area contributed by atoms with Crippen LogP contribution in [0.1, 0.15) is 20.3 Å². The molecule has 0 spiro atoms. The van der Waals surface area contributed by atoms with Gasteiger partial charge in [0.05, 0.1) is 6.54 Å². The van der Waals surface area contributed by atoms with Crippen molar-refractivity contribution in [2.45, 2.75) is 25.9 Å². The van der Waals surface area contributed by atoms with Crippen LogP contribution in [0.3, 0.4) is 0 Å². The van der Waals surface area contributed by atoms with Gasteiger partial charge in [0.2, 0.25) is 0 Å². The van der Waals surface area contributed by atoms with E-state index in [1.165, 1.54) is 6.92 Å². The van der Waals surface area contributed by atoms with Crippen molar-refractivity contribution in [3.63, 3.8) is 0 Å². The first-order chi connectivity index (χ1) is 6.28. The van der Waals surface area contributed by atoms with Gasteiger partial charge in [-0.25, -0.2) is 9.18 Å². The zero-order chi connectivity index (χ0) is 11.4. The number of carbonyl (C=O) groups is 2. The molecule has 1 unspecified atom stereocenters. The molecule has 0 aliphatic rings. The van der Waals surface area contributed by atoms with E-state index in [9.17, 15) is 14.0 Å². The Hall–Kier alpha value is -1.33. The van der Waals surface area contributed by atoms with Crippen LogP contribution in [0.25, 0.3) is 0 Å². The van der Waals surface area contributed by atoms with Crippen molar-refractivity contribution in [1.82, 2.24) is 4.90 Å². The van der Waals surface area contributed by atoms with E-state index >= 15 is 0 Å². The minimum Gasteiger partial charge on any atom is -0.480 e. The molecule has 6 heteroatoms. The van der Waals surface area contributed by atoms with E-state index in [0.717, 1.165) is 0 Å². The average molecular weight is 207 g/mol. The number of aliphatic carboxylic acids is 1. The van der Waals surface area contributed by atoms with E-state index in [-0.39, 0.29) is 6.42 Å². The molecule has 82 valence electrons. The van der Waals surface area contributed by atoms with Crippen LogP contribution in [0, 0.1) is 0 Å². The van der Waals surface area contributed by atoms with Crippen LogP contribution < -0.4 is 0 Å². The maximum atomic E-state index is 13.4. The van der Waals surface area contributed by atoms with Crippen LogP contribution >= 0.6 is 0 Å². The predicted octanol–water partition coefficient (Wildman–Crippen LogP) is 1.19. The number of hydrogen-bond donors (Lipinski definition) is 2. The number of amides is 1. The monoisotopic (exact) mass is 207 g/mol. The molecule has 0 aromatic rings. The van der Waals surface area contributed by atoms with Crippen LogP contribution in [0.2, 0.25) is 0 Å². The molecule has 0 radical (unpaired) electrons. The second kappa shape index (κ2) is 4.78. The molecule has 0 aliphatic heterocycles. The Morgan fingerprint density at radius 2 is 1.93 bits per heavy atom. The van der Waals surface area contributed by atoms with Gasteiger partial charge in [-0.2, -0.15) is 0 Å². The molecule has 0 aromatic heterocycles. The lowest BCUT2D eigenvalue weighted by Crippen LogP contribution is -2.43. The van der Waals surface area contributed by atoms with Crippen molar-refractivity contribution >= 4 is 12.1 Å². The second-order valence-electron chi connectivity index (χ2n) is 3.30. The van der Waals surface area contributed by atoms with Gasteiger partial charge in [-0.3, -0.25) is 9.69 Å². The lowest BCUT2D eigenvalue weighted by Gasteiger charge is -2.25. The summed E-state index contributed by atoms with van der Waals surface area (Å²) in [6.45, 7) is 1.69. The maximum Gasteiger partial charge on any atom is 0.407 e. The summed E-state index contributed by atoms with van der Waals surface area (Å²) in [4.78, 5) is 21.3. The highest BCUT2D eigenvalue weighted by molar-refractivity contribution is 5.75. The molecule has 1 atom stereocenters. The van der Waals surface area contributed by atoms with Crippen LogP contribution in [-0.2, 0) is 4.79 Å². The summed E-state index contributed by atoms with van der Waals surface area (Å²) in [5, 5.41) is 17.0. The van der Waals surface area contributed by atoms with E-state index in [1.54, 1.807) is 6.92 Å². The Morgan fingerprint density at radius 1 is 1.43 bits per heavy atom. The Kier molecular flexibility index (Phi) is 4.33. The van der Waals surface area contributed by atoms with Crippen LogP contribution in [-0.4, -0.2) is 45.9 Å². The summed E-state index contributed by atoms with van der Waals surface area (Å²) in [5.41, 5.74) is -1.69. The van der Waals surface area contributed by atoms with E-state index in [1.807, 2.05) is 0 Å². The molecule has 1 amide bonds. The van der Waals surface area contributed by atoms with Crippen molar-refractivity contribution in [2.24, 2.45) is 0 Å². The number of alkyl halides is 1. The molecule has 0 fully saturated rings. The number of carboxylic acid groups (broad SMARTS) is 2. The average Bonchev–Trinajstić information content (AvgIpc) is 2.02. The molecule has 0 rings (SSSR count). The molecular formula is C8H14FNO4. The summed E-state index contributed by atoms with van der Waals surface area (Å²) in [6.07, 6.45) is -1.29. The molecule has 0 saturated heterocycles. The van der Waals surface area contributed by atoms with E-state index in [2.05, 4.69) is 0 Å². The SMILES string of the molecule is CCC(C)(F)CN(CC(=O)O)C(=O)O. The van der Waals surface area contributed by atoms with Gasteiger partial charge in [0.1, 0.15) is 12.2 Å². The minimum atomic E-state index is -1.69. The predicted molar refractivity (Wildman–Crippen MR) is 47.0 cm³/mol. The van der Waals surface area contributed by atoms with Gasteiger partial charge < -0.3 is 10.2 Å². The highest BCUT2D eigenvalue weighted by atomic mass is 19.1. The normalized spacial score (nSPS) is 14.5. The third-order valence-electron chi connectivity index (χ3n) is 1.85. The number of halogens is 1. The summed E-state index contributed by atoms with van der Waals surface area (Å²) >= 11 is 0. The number of nitrogens with zero attached hydrogens (tertiary/aromatic N) is 1. The largest absolute Gasteiger partial charge is 0.480 e. The van der Waals surface area contributed by atoms with Crippen molar-refractivity contribution in [3.05, 3.63) is 0 Å². The first kappa shape index (κ1) is 12.7. The van der Waals surface area contributed by atoms with Gasteiger partial charge in [0, 0.05) is 0 Å². The van der Waals surface area contributed by atoms with Gasteiger partial charge in [-0.1, -0.05) is 6.92 Å². The van der Waals surface area contributed by atoms with Gasteiger partial charge >= 0.3 is 12.1 Å². The molecular weight excluding hydrogens is 193 g/mol. The van der Waals surface area contributed by atoms with Crippen molar-refractivity contribution in [2.75, 3.05) is 13.1 Å². The summed E-state index contributed by atoms with van der Waals surface area (Å²) in [5.74, 6) is -1.29. The third-order valence-corrected chi connectivity index (χ3v) is 1.85. The molecule has 0 saturated carbocycles. The van der Waals surface area contributed by atoms with E-state index in [0.29, 0.717) is 4.90 Å². The molecule has 0 aromatic carbocycles. The summed E-state index contributed by atoms with van der Waals surface area (Å²) < 4.78 is 13.4. The first-order valence-corrected chi connectivity index (χ1v) is 4.17. The van der Waals surface area contributed by atoms with E-state index < -0.39 is 30.8 Å². The van der Waals surface area contributed by atoms with Crippen LogP contribution in [0.4, 0.5) is 9.18 Å². The Balaban J connectivity index is 4.38. The van der Waals surface area contributed by atoms with Crippen molar-refractivity contribution < 1.29 is 24.2 Å². The lowest BCUT2D eigenvalue weighted by atomic mass is 10.1. The summed E-state index contributed by atoms with van der Waals surface area (Å²) in [6, 6.07) is 0. The molecule has 0 bridgehead atoms. The standard InChI is InChI=1S/C8H14FNO4/c1-3-8(2,9)5-10(7(13)14)4-6(11)12/h3-5H2,1-2H3,(H,11,12)(H,13,14). The van der Waals surface area contributed by atoms with Crippen LogP contribution in [0.5, 0.6) is 0 Å². The number of hydrogen-bond acceptors (Lipinski definition) is 2. The lowest BCUT2D eigenvalue weighted by molar-refractivity contribution is -0.138. The number of carboxylic acids is 1. The molecule has 2 N–H and O–H groups in total. The van der Waals surface area contributed by atoms with Gasteiger partial charge in [-0.15, -0.1) is 0 Å². The maximum absolute atomic E-state index is 13.4. The van der Waals surface area contributed by atoms with Crippen molar-refractivity contribution in [3.8, 4) is 0 Å². The Labute approximate surface area is 81.1 Å². The first-order valence-electron chi connectivity index (χ1n) is 4.17. The Morgan fingerprint density at radius 3 is 2.21 bits per heavy atom. The molecule has 5 nitrogen and oxygen atoms in total. The van der Waals surface area contributed by atoms with Gasteiger partial charge in [0.25, 0.3) is 0 Å². The smallest absolute Gasteiger partial charge is 0.407 e. The highest BCUT2D eigenvalue weighted by Gasteiger charge is 2.28. The fourth-order valence-corrected chi connectivity index (χ4v) is 0.864. The minimum absolute atomic E-state index is 0.135. The molecule has 0 aliphatic carbocycles. The van der Waals surface area contributed by atoms with Crippen molar-refractivity contribution in [1.29, 1.82) is 0 Å². The Bertz CT molecular complexity index is 229. The van der Waals surface area contributed by atoms with Gasteiger partial charge in [0.15, 0.2) is 0 Å². The fraction of sp³-hybridized carbons (Fsp3) is 0.750. The van der Waals surface area contributed by atoms with Crippen LogP contribution in [0.15, 0.2) is 0 Å². The van der Waals surface area contributed by atoms with Gasteiger partial charge in [-0.05, 0) is 13.3 Å². The molecule has 0 heterocycles. The molecule has 14 heavy (non-hydrogen) atoms. The fourth-order valence-electron chi connectivity index (χ4n) is 0.864. The number of rotatable bonds is 5. The quantitative estimate of drug-likeness (QED) is 0.709. The second-order valence-corrected chi connectivity index (χ2v) is 3.30.